The number of nitrogens with one attached hydrogen (secondary N) is 4. The molecule has 1 amide bonds. The molecule has 2 aliphatic carbocycles. The number of aromatic amines is 2. The Bertz CT molecular complexity index is 1490. The SMILES string of the molecule is CC(C(=O)NC1CCC(Nc2cc(=NC3CC3)n3nc/c(=C\c4[nH]c(=O)[nH]c4O)c3n2)CC1)N1CCCC1. The summed E-state index contributed by atoms with van der Waals surface area (Å²) in [6.07, 6.45) is 11.5. The lowest BCUT2D eigenvalue weighted by Crippen LogP contribution is -2.48. The van der Waals surface area contributed by atoms with Gasteiger partial charge >= 0.3 is 5.69 Å². The van der Waals surface area contributed by atoms with Crippen LogP contribution in [0.5, 0.6) is 5.88 Å². The van der Waals surface area contributed by atoms with Crippen LogP contribution in [0.1, 0.15) is 64.0 Å². The van der Waals surface area contributed by atoms with E-state index in [4.69, 9.17) is 9.98 Å². The van der Waals surface area contributed by atoms with Gasteiger partial charge in [0.2, 0.25) is 11.8 Å². The van der Waals surface area contributed by atoms with Crippen LogP contribution in [0.3, 0.4) is 0 Å². The number of fused-ring (bicyclic) bond motifs is 1. The molecule has 0 radical (unpaired) electrons. The van der Waals surface area contributed by atoms with E-state index in [1.807, 2.05) is 13.0 Å². The Hall–Kier alpha value is -3.67. The molecule has 3 aromatic rings. The number of anilines is 1. The van der Waals surface area contributed by atoms with Crippen LogP contribution in [-0.2, 0) is 4.79 Å². The largest absolute Gasteiger partial charge is 0.493 e. The van der Waals surface area contributed by atoms with Gasteiger partial charge in [0.05, 0.1) is 18.3 Å². The molecule has 202 valence electrons. The fraction of sp³-hybridized carbons (Fsp3) is 0.577. The Kier molecular flexibility index (Phi) is 6.64. The number of carbonyl (C=O) groups is 1. The first-order chi connectivity index (χ1) is 18.4. The average Bonchev–Trinajstić information content (AvgIpc) is 3.25. The molecule has 1 atom stereocenters. The molecule has 4 heterocycles. The van der Waals surface area contributed by atoms with E-state index in [0.29, 0.717) is 22.7 Å². The van der Waals surface area contributed by atoms with E-state index in [9.17, 15) is 14.7 Å². The molecule has 0 bridgehead atoms. The van der Waals surface area contributed by atoms with Crippen molar-refractivity contribution in [2.24, 2.45) is 4.99 Å². The van der Waals surface area contributed by atoms with E-state index in [2.05, 4.69) is 30.6 Å². The standard InChI is InChI=1S/C26H35N9O3/c1-15(34-10-2-3-11-34)24(36)30-19-8-4-17(5-9-19)28-21-13-22(29-18-6-7-18)35-23(32-21)16(14-27-35)12-20-25(37)33-26(38)31-20/h12-15,17-19,28,37H,2-11H2,1H3,(H,30,36)(H2,31,33,38)/b16-12+,29-22?. The molecule has 3 aromatic heterocycles. The second kappa shape index (κ2) is 10.2. The number of nitrogens with zero attached hydrogens (tertiary/aromatic N) is 5. The molecular formula is C26H35N9O3. The zero-order chi connectivity index (χ0) is 26.2. The van der Waals surface area contributed by atoms with E-state index in [1.165, 1.54) is 12.8 Å². The van der Waals surface area contributed by atoms with E-state index < -0.39 is 5.69 Å². The van der Waals surface area contributed by atoms with Crippen molar-refractivity contribution in [3.63, 3.8) is 0 Å². The van der Waals surface area contributed by atoms with Crippen LogP contribution in [-0.4, -0.2) is 77.7 Å². The van der Waals surface area contributed by atoms with Crippen LogP contribution in [0.15, 0.2) is 22.1 Å². The van der Waals surface area contributed by atoms with Crippen LogP contribution in [0, 0.1) is 0 Å². The summed E-state index contributed by atoms with van der Waals surface area (Å²) in [4.78, 5) is 41.1. The number of rotatable bonds is 7. The lowest BCUT2D eigenvalue weighted by Gasteiger charge is -2.32. The third kappa shape index (κ3) is 5.31. The van der Waals surface area contributed by atoms with E-state index in [1.54, 1.807) is 16.8 Å². The maximum atomic E-state index is 12.7. The van der Waals surface area contributed by atoms with Gasteiger partial charge in [-0.25, -0.2) is 9.78 Å². The number of hydrogen-bond acceptors (Lipinski definition) is 8. The summed E-state index contributed by atoms with van der Waals surface area (Å²) >= 11 is 0. The van der Waals surface area contributed by atoms with Gasteiger partial charge in [0.1, 0.15) is 11.5 Å². The Morgan fingerprint density at radius 1 is 1.16 bits per heavy atom. The number of carbonyl (C=O) groups excluding carboxylic acids is 1. The highest BCUT2D eigenvalue weighted by Gasteiger charge is 2.28. The molecular weight excluding hydrogens is 486 g/mol. The molecule has 6 rings (SSSR count). The van der Waals surface area contributed by atoms with Crippen molar-refractivity contribution in [2.75, 3.05) is 18.4 Å². The van der Waals surface area contributed by atoms with Gasteiger partial charge in [0, 0.05) is 23.4 Å². The molecule has 0 spiro atoms. The number of H-pyrrole nitrogens is 2. The zero-order valence-electron chi connectivity index (χ0n) is 21.6. The van der Waals surface area contributed by atoms with Crippen molar-refractivity contribution in [3.05, 3.63) is 39.1 Å². The maximum absolute atomic E-state index is 12.7. The van der Waals surface area contributed by atoms with Crippen LogP contribution in [0.4, 0.5) is 5.82 Å². The van der Waals surface area contributed by atoms with Crippen LogP contribution >= 0.6 is 0 Å². The van der Waals surface area contributed by atoms with Crippen molar-refractivity contribution in [1.82, 2.24) is 34.8 Å². The van der Waals surface area contributed by atoms with E-state index in [-0.39, 0.29) is 35.6 Å². The number of hydrogen-bond donors (Lipinski definition) is 5. The van der Waals surface area contributed by atoms with Crippen LogP contribution in [0.2, 0.25) is 0 Å². The molecule has 5 N–H and O–H groups in total. The third-order valence-corrected chi connectivity index (χ3v) is 7.87. The highest BCUT2D eigenvalue weighted by Crippen LogP contribution is 2.24. The second-order valence-corrected chi connectivity index (χ2v) is 10.8. The molecule has 3 aliphatic rings. The number of aromatic nitrogens is 5. The summed E-state index contributed by atoms with van der Waals surface area (Å²) in [6, 6.07) is 2.61. The van der Waals surface area contributed by atoms with Gasteiger partial charge < -0.3 is 20.7 Å². The Morgan fingerprint density at radius 2 is 1.89 bits per heavy atom. The van der Waals surface area contributed by atoms with Gasteiger partial charge in [0.25, 0.3) is 0 Å². The average molecular weight is 522 g/mol. The van der Waals surface area contributed by atoms with Gasteiger partial charge in [-0.3, -0.25) is 19.7 Å². The second-order valence-electron chi connectivity index (χ2n) is 10.8. The van der Waals surface area contributed by atoms with Crippen molar-refractivity contribution in [2.45, 2.75) is 82.5 Å². The van der Waals surface area contributed by atoms with E-state index >= 15 is 0 Å². The maximum Gasteiger partial charge on any atom is 0.326 e. The first-order valence-corrected chi connectivity index (χ1v) is 13.7. The fourth-order valence-corrected chi connectivity index (χ4v) is 5.48. The highest BCUT2D eigenvalue weighted by atomic mass is 16.3. The first-order valence-electron chi connectivity index (χ1n) is 13.7. The Labute approximate surface area is 219 Å². The lowest BCUT2D eigenvalue weighted by molar-refractivity contribution is -0.126. The van der Waals surface area contributed by atoms with Crippen LogP contribution < -0.4 is 27.0 Å². The smallest absolute Gasteiger partial charge is 0.326 e. The highest BCUT2D eigenvalue weighted by molar-refractivity contribution is 5.81. The van der Waals surface area contributed by atoms with Gasteiger partial charge in [-0.15, -0.1) is 0 Å². The molecule has 3 fully saturated rings. The topological polar surface area (TPSA) is 156 Å². The van der Waals surface area contributed by atoms with Crippen molar-refractivity contribution < 1.29 is 9.90 Å². The normalized spacial score (nSPS) is 24.2. The molecule has 1 unspecified atom stereocenters. The molecule has 38 heavy (non-hydrogen) atoms. The third-order valence-electron chi connectivity index (χ3n) is 7.87. The first kappa shape index (κ1) is 24.7. The summed E-state index contributed by atoms with van der Waals surface area (Å²) in [5.74, 6) is 0.625. The van der Waals surface area contributed by atoms with Crippen molar-refractivity contribution in [3.8, 4) is 5.88 Å². The predicted octanol–water partition coefficient (Wildman–Crippen LogP) is 0.386. The molecule has 12 nitrogen and oxygen atoms in total. The summed E-state index contributed by atoms with van der Waals surface area (Å²) < 4.78 is 1.70. The van der Waals surface area contributed by atoms with Gasteiger partial charge in [-0.2, -0.15) is 9.61 Å². The number of aromatic hydroxyl groups is 1. The Morgan fingerprint density at radius 3 is 2.58 bits per heavy atom. The monoisotopic (exact) mass is 521 g/mol. The summed E-state index contributed by atoms with van der Waals surface area (Å²) in [7, 11) is 0. The van der Waals surface area contributed by atoms with E-state index in [0.717, 1.165) is 57.1 Å². The lowest BCUT2D eigenvalue weighted by atomic mass is 9.91. The predicted molar refractivity (Wildman–Crippen MR) is 142 cm³/mol. The molecule has 2 saturated carbocycles. The molecule has 12 heteroatoms. The fourth-order valence-electron chi connectivity index (χ4n) is 5.48. The quantitative estimate of drug-likeness (QED) is 0.301. The number of likely N-dealkylation sites (tertiary alicyclic amines) is 1. The summed E-state index contributed by atoms with van der Waals surface area (Å²) in [5.41, 5.74) is 1.10. The zero-order valence-corrected chi connectivity index (χ0v) is 21.6. The molecule has 0 aromatic carbocycles. The minimum Gasteiger partial charge on any atom is -0.493 e. The van der Waals surface area contributed by atoms with Crippen molar-refractivity contribution in [1.29, 1.82) is 0 Å². The van der Waals surface area contributed by atoms with Crippen LogP contribution in [0.25, 0.3) is 11.7 Å². The summed E-state index contributed by atoms with van der Waals surface area (Å²) in [5, 5.41) is 22.0. The van der Waals surface area contributed by atoms with Crippen molar-refractivity contribution >= 4 is 23.4 Å². The Balaban J connectivity index is 1.18. The van der Waals surface area contributed by atoms with Gasteiger partial charge in [0.15, 0.2) is 11.1 Å². The molecule has 1 saturated heterocycles. The minimum atomic E-state index is -0.484. The van der Waals surface area contributed by atoms with Gasteiger partial charge in [-0.1, -0.05) is 0 Å². The molecule has 1 aliphatic heterocycles. The summed E-state index contributed by atoms with van der Waals surface area (Å²) in [6.45, 7) is 4.04. The number of amides is 1. The number of imidazole rings is 1. The minimum absolute atomic E-state index is 0.0643. The van der Waals surface area contributed by atoms with Gasteiger partial charge in [-0.05, 0) is 77.5 Å².